The molecule has 3 rings (SSSR count). The van der Waals surface area contributed by atoms with E-state index in [0.29, 0.717) is 54.7 Å². The third kappa shape index (κ3) is 8.76. The molecule has 1 amide bonds. The van der Waals surface area contributed by atoms with E-state index in [1.807, 2.05) is 12.1 Å². The first kappa shape index (κ1) is 25.1. The summed E-state index contributed by atoms with van der Waals surface area (Å²) >= 11 is 11.7. The first-order chi connectivity index (χ1) is 16.0. The van der Waals surface area contributed by atoms with Gasteiger partial charge in [-0.15, -0.1) is 0 Å². The molecule has 3 unspecified atom stereocenters. The average Bonchev–Trinajstić information content (AvgIpc) is 2.82. The van der Waals surface area contributed by atoms with Crippen LogP contribution in [0.4, 0.5) is 0 Å². The lowest BCUT2D eigenvalue weighted by Crippen LogP contribution is -2.53. The normalized spacial score (nSPS) is 18.7. The van der Waals surface area contributed by atoms with Gasteiger partial charge in [-0.2, -0.15) is 0 Å². The Morgan fingerprint density at radius 1 is 1.06 bits per heavy atom. The molecule has 2 aromatic carbocycles. The molecule has 7 nitrogen and oxygen atoms in total. The van der Waals surface area contributed by atoms with Crippen LogP contribution >= 0.6 is 23.2 Å². The van der Waals surface area contributed by atoms with E-state index in [0.717, 1.165) is 12.2 Å². The van der Waals surface area contributed by atoms with Crippen LogP contribution in [0.15, 0.2) is 48.5 Å². The van der Waals surface area contributed by atoms with E-state index in [-0.39, 0.29) is 30.7 Å². The van der Waals surface area contributed by atoms with Gasteiger partial charge >= 0.3 is 0 Å². The summed E-state index contributed by atoms with van der Waals surface area (Å²) in [5.41, 5.74) is 0. The van der Waals surface area contributed by atoms with Gasteiger partial charge in [0.2, 0.25) is 0 Å². The van der Waals surface area contributed by atoms with Gasteiger partial charge in [0, 0.05) is 22.1 Å². The molecule has 0 bridgehead atoms. The lowest BCUT2D eigenvalue weighted by atomic mass is 9.93. The highest BCUT2D eigenvalue weighted by Gasteiger charge is 2.30. The topological polar surface area (TPSA) is 85.9 Å². The van der Waals surface area contributed by atoms with Crippen molar-refractivity contribution in [2.24, 2.45) is 0 Å². The third-order valence-corrected chi connectivity index (χ3v) is 5.88. The number of hydrogen-bond acceptors (Lipinski definition) is 6. The number of halogens is 2. The van der Waals surface area contributed by atoms with E-state index in [2.05, 4.69) is 10.6 Å². The number of ether oxygens (including phenoxy) is 3. The van der Waals surface area contributed by atoms with Crippen LogP contribution in [0.25, 0.3) is 0 Å². The van der Waals surface area contributed by atoms with Gasteiger partial charge in [0.1, 0.15) is 17.6 Å². The second kappa shape index (κ2) is 13.3. The zero-order valence-electron chi connectivity index (χ0n) is 18.2. The summed E-state index contributed by atoms with van der Waals surface area (Å²) in [6.45, 7) is 1.62. The molecular formula is C24H28Cl2N2O5. The van der Waals surface area contributed by atoms with Gasteiger partial charge < -0.3 is 24.8 Å². The highest BCUT2D eigenvalue weighted by molar-refractivity contribution is 6.30. The quantitative estimate of drug-likeness (QED) is 0.342. The zero-order chi connectivity index (χ0) is 23.5. The monoisotopic (exact) mass is 494 g/mol. The molecule has 2 aromatic rings. The third-order valence-electron chi connectivity index (χ3n) is 5.38. The maximum absolute atomic E-state index is 12.3. The zero-order valence-corrected chi connectivity index (χ0v) is 19.7. The Bertz CT molecular complexity index is 879. The number of nitrogens with one attached hydrogen (secondary N) is 2. The predicted octanol–water partition coefficient (Wildman–Crippen LogP) is 4.01. The molecule has 3 atom stereocenters. The summed E-state index contributed by atoms with van der Waals surface area (Å²) < 4.78 is 16.6. The summed E-state index contributed by atoms with van der Waals surface area (Å²) in [7, 11) is 0. The van der Waals surface area contributed by atoms with Gasteiger partial charge in [-0.05, 0) is 80.8 Å². The minimum absolute atomic E-state index is 0.0272. The fourth-order valence-corrected chi connectivity index (χ4v) is 4.01. The van der Waals surface area contributed by atoms with Gasteiger partial charge in [-0.25, -0.2) is 0 Å². The molecule has 9 heteroatoms. The van der Waals surface area contributed by atoms with Crippen molar-refractivity contribution >= 4 is 35.6 Å². The smallest absolute Gasteiger partial charge is 0.293 e. The Kier molecular flexibility index (Phi) is 10.1. The lowest BCUT2D eigenvalue weighted by Gasteiger charge is -2.35. The highest BCUT2D eigenvalue weighted by Crippen LogP contribution is 2.19. The van der Waals surface area contributed by atoms with E-state index < -0.39 is 0 Å². The van der Waals surface area contributed by atoms with E-state index in [1.54, 1.807) is 36.4 Å². The van der Waals surface area contributed by atoms with Crippen LogP contribution in [0, 0.1) is 0 Å². The Balaban J connectivity index is 1.41. The Labute approximate surface area is 203 Å². The second-order valence-electron chi connectivity index (χ2n) is 7.81. The van der Waals surface area contributed by atoms with Crippen LogP contribution in [0.1, 0.15) is 25.7 Å². The summed E-state index contributed by atoms with van der Waals surface area (Å²) in [6, 6.07) is 13.9. The van der Waals surface area contributed by atoms with Crippen LogP contribution in [-0.2, 0) is 14.3 Å². The van der Waals surface area contributed by atoms with Gasteiger partial charge in [0.15, 0.2) is 6.61 Å². The van der Waals surface area contributed by atoms with Crippen LogP contribution in [-0.4, -0.2) is 50.3 Å². The summed E-state index contributed by atoms with van der Waals surface area (Å²) in [5, 5.41) is 7.68. The Hall–Kier alpha value is -2.48. The molecule has 1 saturated heterocycles. The van der Waals surface area contributed by atoms with Crippen molar-refractivity contribution in [3.05, 3.63) is 58.6 Å². The summed E-state index contributed by atoms with van der Waals surface area (Å²) in [6.07, 6.45) is 2.50. The maximum atomic E-state index is 12.3. The standard InChI is InChI=1S/C24H28Cl2N2O5/c25-17-3-7-20(8-4-17)31-13-1-2-23(33-16-29)22-14-19(11-12-27-22)28-24(30)15-32-21-9-5-18(26)6-10-21/h3-10,16,19,22-23,27H,1-2,11-15H2,(H,28,30). The number of carbonyl (C=O) groups excluding carboxylic acids is 2. The number of hydrogen-bond donors (Lipinski definition) is 2. The largest absolute Gasteiger partial charge is 0.494 e. The lowest BCUT2D eigenvalue weighted by molar-refractivity contribution is -0.136. The minimum atomic E-state index is -0.304. The van der Waals surface area contributed by atoms with Gasteiger partial charge in [-0.1, -0.05) is 23.2 Å². The molecule has 0 radical (unpaired) electrons. The maximum Gasteiger partial charge on any atom is 0.293 e. The SMILES string of the molecule is O=COC(CCCOc1ccc(Cl)cc1)C1CC(NC(=O)COc2ccc(Cl)cc2)CCN1. The first-order valence-corrected chi connectivity index (χ1v) is 11.7. The number of benzene rings is 2. The second-order valence-corrected chi connectivity index (χ2v) is 8.68. The van der Waals surface area contributed by atoms with E-state index >= 15 is 0 Å². The average molecular weight is 495 g/mol. The first-order valence-electron chi connectivity index (χ1n) is 10.9. The van der Waals surface area contributed by atoms with E-state index in [4.69, 9.17) is 37.4 Å². The fourth-order valence-electron chi connectivity index (χ4n) is 3.75. The molecule has 0 saturated carbocycles. The molecule has 0 aromatic heterocycles. The van der Waals surface area contributed by atoms with Crippen molar-refractivity contribution < 1.29 is 23.8 Å². The van der Waals surface area contributed by atoms with Crippen molar-refractivity contribution in [1.82, 2.24) is 10.6 Å². The Morgan fingerprint density at radius 3 is 2.33 bits per heavy atom. The number of piperidine rings is 1. The summed E-state index contributed by atoms with van der Waals surface area (Å²) in [4.78, 5) is 23.4. The molecule has 1 fully saturated rings. The van der Waals surface area contributed by atoms with Crippen molar-refractivity contribution in [3.8, 4) is 11.5 Å². The summed E-state index contributed by atoms with van der Waals surface area (Å²) in [5.74, 6) is 1.13. The molecule has 178 valence electrons. The van der Waals surface area contributed by atoms with Crippen molar-refractivity contribution in [2.45, 2.75) is 43.9 Å². The van der Waals surface area contributed by atoms with Crippen molar-refractivity contribution in [1.29, 1.82) is 0 Å². The van der Waals surface area contributed by atoms with Gasteiger partial charge in [-0.3, -0.25) is 9.59 Å². The minimum Gasteiger partial charge on any atom is -0.494 e. The number of carbonyl (C=O) groups is 2. The van der Waals surface area contributed by atoms with Crippen molar-refractivity contribution in [2.75, 3.05) is 19.8 Å². The predicted molar refractivity (Wildman–Crippen MR) is 127 cm³/mol. The molecule has 33 heavy (non-hydrogen) atoms. The van der Waals surface area contributed by atoms with E-state index in [1.165, 1.54) is 0 Å². The highest BCUT2D eigenvalue weighted by atomic mass is 35.5. The van der Waals surface area contributed by atoms with Crippen LogP contribution < -0.4 is 20.1 Å². The number of amides is 1. The van der Waals surface area contributed by atoms with Gasteiger partial charge in [0.05, 0.1) is 6.61 Å². The van der Waals surface area contributed by atoms with E-state index in [9.17, 15) is 9.59 Å². The van der Waals surface area contributed by atoms with Crippen LogP contribution in [0.3, 0.4) is 0 Å². The van der Waals surface area contributed by atoms with Crippen LogP contribution in [0.5, 0.6) is 11.5 Å². The molecular weight excluding hydrogens is 467 g/mol. The molecule has 1 aliphatic heterocycles. The fraction of sp³-hybridized carbons (Fsp3) is 0.417. The van der Waals surface area contributed by atoms with Gasteiger partial charge in [0.25, 0.3) is 12.4 Å². The molecule has 1 heterocycles. The number of rotatable bonds is 12. The molecule has 1 aliphatic rings. The van der Waals surface area contributed by atoms with Crippen LogP contribution in [0.2, 0.25) is 10.0 Å². The molecule has 2 N–H and O–H groups in total. The van der Waals surface area contributed by atoms with Crippen molar-refractivity contribution in [3.63, 3.8) is 0 Å². The molecule has 0 spiro atoms. The molecule has 0 aliphatic carbocycles. The Morgan fingerprint density at radius 2 is 1.70 bits per heavy atom.